The Labute approximate surface area is 127 Å². The van der Waals surface area contributed by atoms with Gasteiger partial charge in [-0.3, -0.25) is 4.79 Å². The number of amides is 1. The van der Waals surface area contributed by atoms with Crippen molar-refractivity contribution in [3.8, 4) is 0 Å². The van der Waals surface area contributed by atoms with Crippen molar-refractivity contribution in [3.05, 3.63) is 47.0 Å². The number of hydrogen-bond donors (Lipinski definition) is 0. The van der Waals surface area contributed by atoms with Crippen LogP contribution in [-0.4, -0.2) is 45.3 Å². The molecule has 1 saturated heterocycles. The molecule has 0 radical (unpaired) electrons. The predicted octanol–water partition coefficient (Wildman–Crippen LogP) is 1.68. The van der Waals surface area contributed by atoms with Gasteiger partial charge in [0.2, 0.25) is 0 Å². The third kappa shape index (κ3) is 2.91. The first-order valence-electron chi connectivity index (χ1n) is 6.65. The van der Waals surface area contributed by atoms with Gasteiger partial charge in [-0.1, -0.05) is 11.6 Å². The fourth-order valence-corrected chi connectivity index (χ4v) is 2.47. The van der Waals surface area contributed by atoms with Gasteiger partial charge >= 0.3 is 0 Å². The minimum Gasteiger partial charge on any atom is -0.366 e. The Kier molecular flexibility index (Phi) is 3.90. The molecule has 0 bridgehead atoms. The first-order chi connectivity index (χ1) is 10.1. The van der Waals surface area contributed by atoms with Crippen LogP contribution in [0.2, 0.25) is 5.02 Å². The molecular weight excluding hydrogens is 292 g/mol. The molecular formula is C14H15ClN4O2. The van der Waals surface area contributed by atoms with Crippen molar-refractivity contribution in [2.45, 2.75) is 6.10 Å². The van der Waals surface area contributed by atoms with Crippen LogP contribution in [0.5, 0.6) is 0 Å². The van der Waals surface area contributed by atoms with Gasteiger partial charge < -0.3 is 14.2 Å². The highest BCUT2D eigenvalue weighted by Gasteiger charge is 2.28. The summed E-state index contributed by atoms with van der Waals surface area (Å²) >= 11 is 5.85. The zero-order chi connectivity index (χ0) is 14.8. The maximum absolute atomic E-state index is 12.5. The second kappa shape index (κ2) is 5.83. The largest absolute Gasteiger partial charge is 0.366 e. The zero-order valence-corrected chi connectivity index (χ0v) is 12.3. The lowest BCUT2D eigenvalue weighted by molar-refractivity contribution is -0.0281. The maximum Gasteiger partial charge on any atom is 0.254 e. The summed E-state index contributed by atoms with van der Waals surface area (Å²) in [6.07, 6.45) is 1.38. The van der Waals surface area contributed by atoms with Gasteiger partial charge in [0, 0.05) is 24.2 Å². The summed E-state index contributed by atoms with van der Waals surface area (Å²) in [7, 11) is 1.86. The fourth-order valence-electron chi connectivity index (χ4n) is 2.35. The predicted molar refractivity (Wildman–Crippen MR) is 77.1 cm³/mol. The number of aryl methyl sites for hydroxylation is 1. The number of halogens is 1. The number of carbonyl (C=O) groups excluding carboxylic acids is 1. The molecule has 0 unspecified atom stereocenters. The number of benzene rings is 1. The first-order valence-corrected chi connectivity index (χ1v) is 7.03. The van der Waals surface area contributed by atoms with Crippen molar-refractivity contribution < 1.29 is 9.53 Å². The molecule has 1 aromatic carbocycles. The van der Waals surface area contributed by atoms with Crippen LogP contribution in [-0.2, 0) is 11.8 Å². The Hall–Kier alpha value is -1.92. The molecule has 1 fully saturated rings. The van der Waals surface area contributed by atoms with Crippen LogP contribution in [0.25, 0.3) is 0 Å². The van der Waals surface area contributed by atoms with Gasteiger partial charge in [-0.15, -0.1) is 10.2 Å². The van der Waals surface area contributed by atoms with Gasteiger partial charge in [-0.25, -0.2) is 0 Å². The summed E-state index contributed by atoms with van der Waals surface area (Å²) in [5.41, 5.74) is 0.623. The molecule has 3 rings (SSSR count). The average Bonchev–Trinajstić information content (AvgIpc) is 2.94. The summed E-state index contributed by atoms with van der Waals surface area (Å²) in [5, 5.41) is 8.52. The Morgan fingerprint density at radius 1 is 1.38 bits per heavy atom. The van der Waals surface area contributed by atoms with E-state index in [-0.39, 0.29) is 12.0 Å². The standard InChI is InChI=1S/C14H15ClN4O2/c1-18-9-16-17-13(18)12-8-19(6-7-21-12)14(20)10-2-4-11(15)5-3-10/h2-5,9,12H,6-8H2,1H3/t12-/m1/s1. The van der Waals surface area contributed by atoms with Crippen LogP contribution in [0, 0.1) is 0 Å². The molecule has 1 amide bonds. The van der Waals surface area contributed by atoms with Gasteiger partial charge in [0.25, 0.3) is 5.91 Å². The summed E-state index contributed by atoms with van der Waals surface area (Å²) in [4.78, 5) is 14.3. The van der Waals surface area contributed by atoms with Gasteiger partial charge in [-0.2, -0.15) is 0 Å². The minimum atomic E-state index is -0.248. The normalized spacial score (nSPS) is 18.8. The molecule has 110 valence electrons. The third-order valence-corrected chi connectivity index (χ3v) is 3.73. The van der Waals surface area contributed by atoms with Crippen molar-refractivity contribution in [2.75, 3.05) is 19.7 Å². The lowest BCUT2D eigenvalue weighted by Gasteiger charge is -2.32. The topological polar surface area (TPSA) is 60.2 Å². The molecule has 0 saturated carbocycles. The molecule has 0 aliphatic carbocycles. The van der Waals surface area contributed by atoms with Gasteiger partial charge in [0.05, 0.1) is 13.2 Å². The minimum absolute atomic E-state index is 0.0258. The van der Waals surface area contributed by atoms with E-state index in [0.29, 0.717) is 30.3 Å². The van der Waals surface area contributed by atoms with E-state index in [1.54, 1.807) is 40.1 Å². The SMILES string of the molecule is Cn1cnnc1[C@H]1CN(C(=O)c2ccc(Cl)cc2)CCO1. The van der Waals surface area contributed by atoms with E-state index in [4.69, 9.17) is 16.3 Å². The molecule has 1 atom stereocenters. The highest BCUT2D eigenvalue weighted by molar-refractivity contribution is 6.30. The van der Waals surface area contributed by atoms with E-state index < -0.39 is 0 Å². The van der Waals surface area contributed by atoms with Crippen LogP contribution >= 0.6 is 11.6 Å². The van der Waals surface area contributed by atoms with E-state index in [9.17, 15) is 4.79 Å². The number of hydrogen-bond acceptors (Lipinski definition) is 4. The van der Waals surface area contributed by atoms with Gasteiger partial charge in [0.15, 0.2) is 5.82 Å². The molecule has 6 nitrogen and oxygen atoms in total. The van der Waals surface area contributed by atoms with Crippen molar-refractivity contribution in [1.29, 1.82) is 0 Å². The number of carbonyl (C=O) groups is 1. The number of aromatic nitrogens is 3. The second-order valence-electron chi connectivity index (χ2n) is 4.92. The maximum atomic E-state index is 12.5. The summed E-state index contributed by atoms with van der Waals surface area (Å²) in [6.45, 7) is 1.51. The Morgan fingerprint density at radius 3 is 2.81 bits per heavy atom. The Bertz CT molecular complexity index is 641. The van der Waals surface area contributed by atoms with Crippen LogP contribution in [0.3, 0.4) is 0 Å². The molecule has 1 aromatic heterocycles. The second-order valence-corrected chi connectivity index (χ2v) is 5.35. The summed E-state index contributed by atoms with van der Waals surface area (Å²) < 4.78 is 7.51. The van der Waals surface area contributed by atoms with E-state index in [1.807, 2.05) is 7.05 Å². The first kappa shape index (κ1) is 14.0. The monoisotopic (exact) mass is 306 g/mol. The fraction of sp³-hybridized carbons (Fsp3) is 0.357. The highest BCUT2D eigenvalue weighted by atomic mass is 35.5. The molecule has 2 aromatic rings. The Balaban J connectivity index is 1.75. The smallest absolute Gasteiger partial charge is 0.254 e. The van der Waals surface area contributed by atoms with E-state index >= 15 is 0 Å². The zero-order valence-electron chi connectivity index (χ0n) is 11.6. The number of nitrogens with zero attached hydrogens (tertiary/aromatic N) is 4. The molecule has 0 spiro atoms. The van der Waals surface area contributed by atoms with E-state index in [1.165, 1.54) is 0 Å². The van der Waals surface area contributed by atoms with Crippen molar-refractivity contribution in [1.82, 2.24) is 19.7 Å². The number of ether oxygens (including phenoxy) is 1. The molecule has 1 aliphatic heterocycles. The molecule has 21 heavy (non-hydrogen) atoms. The quantitative estimate of drug-likeness (QED) is 0.847. The van der Waals surface area contributed by atoms with Crippen LogP contribution < -0.4 is 0 Å². The number of morpholine rings is 1. The van der Waals surface area contributed by atoms with Crippen LogP contribution in [0.15, 0.2) is 30.6 Å². The summed E-state index contributed by atoms with van der Waals surface area (Å²) in [6, 6.07) is 6.90. The van der Waals surface area contributed by atoms with Gasteiger partial charge in [-0.05, 0) is 24.3 Å². The lowest BCUT2D eigenvalue weighted by Crippen LogP contribution is -2.42. The molecule has 1 aliphatic rings. The van der Waals surface area contributed by atoms with E-state index in [0.717, 1.165) is 5.82 Å². The van der Waals surface area contributed by atoms with Crippen molar-refractivity contribution >= 4 is 17.5 Å². The third-order valence-electron chi connectivity index (χ3n) is 3.48. The molecule has 0 N–H and O–H groups in total. The molecule has 7 heteroatoms. The van der Waals surface area contributed by atoms with Gasteiger partial charge in [0.1, 0.15) is 12.4 Å². The Morgan fingerprint density at radius 2 is 2.14 bits per heavy atom. The lowest BCUT2D eigenvalue weighted by atomic mass is 10.1. The summed E-state index contributed by atoms with van der Waals surface area (Å²) in [5.74, 6) is 0.700. The molecule has 2 heterocycles. The van der Waals surface area contributed by atoms with Crippen LogP contribution in [0.4, 0.5) is 0 Å². The number of rotatable bonds is 2. The van der Waals surface area contributed by atoms with E-state index in [2.05, 4.69) is 10.2 Å². The van der Waals surface area contributed by atoms with Crippen LogP contribution in [0.1, 0.15) is 22.3 Å². The van der Waals surface area contributed by atoms with Crippen molar-refractivity contribution in [3.63, 3.8) is 0 Å². The average molecular weight is 307 g/mol. The highest BCUT2D eigenvalue weighted by Crippen LogP contribution is 2.21. The van der Waals surface area contributed by atoms with Crippen molar-refractivity contribution in [2.24, 2.45) is 7.05 Å².